The first-order chi connectivity index (χ1) is 11.0. The van der Waals surface area contributed by atoms with Gasteiger partial charge in [-0.1, -0.05) is 41.4 Å². The monoisotopic (exact) mass is 355 g/mol. The third-order valence-electron chi connectivity index (χ3n) is 2.76. The predicted octanol–water partition coefficient (Wildman–Crippen LogP) is 3.89. The molecule has 8 heteroatoms. The van der Waals surface area contributed by atoms with Crippen LogP contribution < -0.4 is 16.0 Å². The summed E-state index contributed by atoms with van der Waals surface area (Å²) in [6.07, 6.45) is 0. The number of hydrogen-bond acceptors (Lipinski definition) is 2. The molecule has 0 aliphatic rings. The molecular weight excluding hydrogens is 344 g/mol. The Hall–Kier alpha value is -2.31. The van der Waals surface area contributed by atoms with Gasteiger partial charge in [-0.25, -0.2) is 9.18 Å². The number of para-hydroxylation sites is 1. The first-order valence-corrected chi connectivity index (χ1v) is 7.26. The van der Waals surface area contributed by atoms with E-state index in [-0.39, 0.29) is 17.3 Å². The van der Waals surface area contributed by atoms with E-state index >= 15 is 0 Å². The van der Waals surface area contributed by atoms with Crippen LogP contribution in [0.15, 0.2) is 42.5 Å². The molecular formula is C15H12Cl2FN3O2. The summed E-state index contributed by atoms with van der Waals surface area (Å²) in [6.45, 7) is -0.335. The SMILES string of the molecule is O=C(CNC(=O)Nc1cccc(Cl)c1Cl)Nc1ccccc1F. The number of halogens is 3. The van der Waals surface area contributed by atoms with E-state index in [1.807, 2.05) is 0 Å². The van der Waals surface area contributed by atoms with Crippen LogP contribution in [0.3, 0.4) is 0 Å². The number of anilines is 2. The van der Waals surface area contributed by atoms with Crippen molar-refractivity contribution in [3.63, 3.8) is 0 Å². The van der Waals surface area contributed by atoms with Crippen LogP contribution in [0.1, 0.15) is 0 Å². The zero-order valence-electron chi connectivity index (χ0n) is 11.7. The van der Waals surface area contributed by atoms with Crippen molar-refractivity contribution < 1.29 is 14.0 Å². The smallest absolute Gasteiger partial charge is 0.319 e. The van der Waals surface area contributed by atoms with E-state index in [0.717, 1.165) is 0 Å². The molecule has 0 unspecified atom stereocenters. The zero-order valence-corrected chi connectivity index (χ0v) is 13.2. The van der Waals surface area contributed by atoms with Gasteiger partial charge in [0.05, 0.1) is 28.0 Å². The fourth-order valence-corrected chi connectivity index (χ4v) is 2.03. The fourth-order valence-electron chi connectivity index (χ4n) is 1.68. The second-order valence-corrected chi connectivity index (χ2v) is 5.22. The number of benzene rings is 2. The molecule has 2 rings (SSSR count). The van der Waals surface area contributed by atoms with Crippen LogP contribution in [0.4, 0.5) is 20.6 Å². The van der Waals surface area contributed by atoms with Gasteiger partial charge in [-0.05, 0) is 24.3 Å². The van der Waals surface area contributed by atoms with Crippen molar-refractivity contribution in [2.45, 2.75) is 0 Å². The van der Waals surface area contributed by atoms with Gasteiger partial charge in [-0.15, -0.1) is 0 Å². The normalized spacial score (nSPS) is 10.0. The summed E-state index contributed by atoms with van der Waals surface area (Å²) in [5.74, 6) is -1.13. The maximum absolute atomic E-state index is 13.4. The molecule has 0 radical (unpaired) electrons. The maximum Gasteiger partial charge on any atom is 0.319 e. The fraction of sp³-hybridized carbons (Fsp3) is 0.0667. The topological polar surface area (TPSA) is 70.2 Å². The molecule has 0 bridgehead atoms. The first kappa shape index (κ1) is 17.1. The highest BCUT2D eigenvalue weighted by molar-refractivity contribution is 6.43. The average Bonchev–Trinajstić information content (AvgIpc) is 2.52. The summed E-state index contributed by atoms with van der Waals surface area (Å²) in [5.41, 5.74) is 0.351. The van der Waals surface area contributed by atoms with Crippen molar-refractivity contribution in [3.8, 4) is 0 Å². The van der Waals surface area contributed by atoms with Crippen LogP contribution in [0.25, 0.3) is 0 Å². The minimum Gasteiger partial charge on any atom is -0.329 e. The third-order valence-corrected chi connectivity index (χ3v) is 3.58. The number of rotatable bonds is 4. The van der Waals surface area contributed by atoms with Crippen molar-refractivity contribution in [2.75, 3.05) is 17.2 Å². The Morgan fingerprint density at radius 3 is 2.39 bits per heavy atom. The predicted molar refractivity (Wildman–Crippen MR) is 88.5 cm³/mol. The maximum atomic E-state index is 13.4. The number of carbonyl (C=O) groups is 2. The van der Waals surface area contributed by atoms with Gasteiger partial charge in [0.2, 0.25) is 5.91 Å². The molecule has 3 N–H and O–H groups in total. The summed E-state index contributed by atoms with van der Waals surface area (Å²) in [7, 11) is 0. The molecule has 0 saturated heterocycles. The Labute approximate surface area is 141 Å². The number of urea groups is 1. The molecule has 120 valence electrons. The van der Waals surface area contributed by atoms with Gasteiger partial charge in [0.15, 0.2) is 0 Å². The van der Waals surface area contributed by atoms with Crippen molar-refractivity contribution >= 4 is 46.5 Å². The van der Waals surface area contributed by atoms with Crippen molar-refractivity contribution in [1.29, 1.82) is 0 Å². The minimum absolute atomic E-state index is 0.0394. The van der Waals surface area contributed by atoms with Crippen molar-refractivity contribution in [1.82, 2.24) is 5.32 Å². The van der Waals surface area contributed by atoms with Crippen LogP contribution in [0.2, 0.25) is 10.0 Å². The van der Waals surface area contributed by atoms with Gasteiger partial charge in [-0.3, -0.25) is 4.79 Å². The van der Waals surface area contributed by atoms with Crippen molar-refractivity contribution in [3.05, 3.63) is 58.3 Å². The quantitative estimate of drug-likeness (QED) is 0.778. The van der Waals surface area contributed by atoms with Gasteiger partial charge < -0.3 is 16.0 Å². The van der Waals surface area contributed by atoms with Gasteiger partial charge in [-0.2, -0.15) is 0 Å². The Bertz CT molecular complexity index is 740. The molecule has 0 aliphatic carbocycles. The number of hydrogen-bond donors (Lipinski definition) is 3. The lowest BCUT2D eigenvalue weighted by atomic mass is 10.3. The molecule has 0 aliphatic heterocycles. The van der Waals surface area contributed by atoms with Gasteiger partial charge >= 0.3 is 6.03 Å². The lowest BCUT2D eigenvalue weighted by Gasteiger charge is -2.10. The van der Waals surface area contributed by atoms with E-state index in [1.54, 1.807) is 24.3 Å². The molecule has 2 aromatic rings. The average molecular weight is 356 g/mol. The molecule has 0 aromatic heterocycles. The molecule has 3 amide bonds. The highest BCUT2D eigenvalue weighted by Gasteiger charge is 2.10. The Morgan fingerprint density at radius 2 is 1.65 bits per heavy atom. The van der Waals surface area contributed by atoms with Crippen LogP contribution in [0.5, 0.6) is 0 Å². The van der Waals surface area contributed by atoms with Crippen LogP contribution in [0, 0.1) is 5.82 Å². The summed E-state index contributed by atoms with van der Waals surface area (Å²) in [5, 5.41) is 7.63. The standard InChI is InChI=1S/C15H12Cl2FN3O2/c16-9-4-3-7-12(14(9)17)21-15(23)19-8-13(22)20-11-6-2-1-5-10(11)18/h1-7H,8H2,(H,20,22)(H2,19,21,23). The first-order valence-electron chi connectivity index (χ1n) is 6.50. The molecule has 2 aromatic carbocycles. The van der Waals surface area contributed by atoms with Gasteiger partial charge in [0, 0.05) is 0 Å². The summed E-state index contributed by atoms with van der Waals surface area (Å²) >= 11 is 11.8. The molecule has 23 heavy (non-hydrogen) atoms. The largest absolute Gasteiger partial charge is 0.329 e. The van der Waals surface area contributed by atoms with E-state index in [2.05, 4.69) is 16.0 Å². The molecule has 0 spiro atoms. The molecule has 0 heterocycles. The van der Waals surface area contributed by atoms with Gasteiger partial charge in [0.25, 0.3) is 0 Å². The number of nitrogens with one attached hydrogen (secondary N) is 3. The van der Waals surface area contributed by atoms with Gasteiger partial charge in [0.1, 0.15) is 5.82 Å². The highest BCUT2D eigenvalue weighted by Crippen LogP contribution is 2.29. The summed E-state index contributed by atoms with van der Waals surface area (Å²) < 4.78 is 13.4. The highest BCUT2D eigenvalue weighted by atomic mass is 35.5. The summed E-state index contributed by atoms with van der Waals surface area (Å²) in [6, 6.07) is 9.84. The van der Waals surface area contributed by atoms with Crippen LogP contribution in [-0.2, 0) is 4.79 Å². The second-order valence-electron chi connectivity index (χ2n) is 4.44. The lowest BCUT2D eigenvalue weighted by Crippen LogP contribution is -2.36. The second kappa shape index (κ2) is 7.80. The number of carbonyl (C=O) groups excluding carboxylic acids is 2. The molecule has 0 saturated carbocycles. The summed E-state index contributed by atoms with van der Waals surface area (Å²) in [4.78, 5) is 23.4. The Kier molecular flexibility index (Phi) is 5.78. The van der Waals surface area contributed by atoms with E-state index in [9.17, 15) is 14.0 Å². The van der Waals surface area contributed by atoms with Crippen LogP contribution >= 0.6 is 23.2 Å². The van der Waals surface area contributed by atoms with E-state index < -0.39 is 17.8 Å². The van der Waals surface area contributed by atoms with Crippen molar-refractivity contribution in [2.24, 2.45) is 0 Å². The van der Waals surface area contributed by atoms with Crippen LogP contribution in [-0.4, -0.2) is 18.5 Å². The Morgan fingerprint density at radius 1 is 0.957 bits per heavy atom. The molecule has 5 nitrogen and oxygen atoms in total. The minimum atomic E-state index is -0.641. The zero-order chi connectivity index (χ0) is 16.8. The van der Waals surface area contributed by atoms with E-state index in [4.69, 9.17) is 23.2 Å². The number of amides is 3. The Balaban J connectivity index is 1.86. The molecule has 0 atom stereocenters. The van der Waals surface area contributed by atoms with E-state index in [0.29, 0.717) is 10.7 Å². The third kappa shape index (κ3) is 4.84. The molecule has 0 fully saturated rings. The van der Waals surface area contributed by atoms with E-state index in [1.165, 1.54) is 18.2 Å². The lowest BCUT2D eigenvalue weighted by molar-refractivity contribution is -0.115.